The highest BCUT2D eigenvalue weighted by Crippen LogP contribution is 2.33. The Bertz CT molecular complexity index is 603. The summed E-state index contributed by atoms with van der Waals surface area (Å²) in [5.74, 6) is 0.0170. The van der Waals surface area contributed by atoms with Crippen LogP contribution in [-0.4, -0.2) is 26.2 Å². The normalized spacial score (nSPS) is 18.0. The van der Waals surface area contributed by atoms with Crippen molar-refractivity contribution in [2.45, 2.75) is 50.6 Å². The minimum atomic E-state index is -0.337. The zero-order chi connectivity index (χ0) is 15.4. The van der Waals surface area contributed by atoms with E-state index in [-0.39, 0.29) is 17.5 Å². The van der Waals surface area contributed by atoms with Crippen LogP contribution in [-0.2, 0) is 11.2 Å². The number of amides is 1. The van der Waals surface area contributed by atoms with Gasteiger partial charge in [0, 0.05) is 5.54 Å². The molecule has 1 aliphatic carbocycles. The average Bonchev–Trinajstić information content (AvgIpc) is 3.19. The minimum absolute atomic E-state index is 0.0170. The quantitative estimate of drug-likeness (QED) is 0.922. The lowest BCUT2D eigenvalue weighted by molar-refractivity contribution is -0.126. The molecule has 1 atom stereocenters. The highest BCUT2D eigenvalue weighted by atomic mass is 16.2. The van der Waals surface area contributed by atoms with Crippen molar-refractivity contribution in [1.82, 2.24) is 20.1 Å². The van der Waals surface area contributed by atoms with Gasteiger partial charge in [0.25, 0.3) is 0 Å². The molecule has 3 rings (SSSR count). The van der Waals surface area contributed by atoms with Crippen molar-refractivity contribution in [1.29, 1.82) is 0 Å². The van der Waals surface area contributed by atoms with Crippen LogP contribution in [0.1, 0.15) is 44.2 Å². The number of nitrogens with one attached hydrogen (secondary N) is 1. The van der Waals surface area contributed by atoms with Gasteiger partial charge >= 0.3 is 0 Å². The van der Waals surface area contributed by atoms with Gasteiger partial charge in [-0.05, 0) is 31.7 Å². The largest absolute Gasteiger partial charge is 0.348 e. The van der Waals surface area contributed by atoms with E-state index in [0.29, 0.717) is 0 Å². The first kappa shape index (κ1) is 14.8. The zero-order valence-corrected chi connectivity index (χ0v) is 12.9. The SMILES string of the molecule is C[C@H](C(=O)NC1(Cc2ccccc2)CCCC1)n1cncn1. The van der Waals surface area contributed by atoms with Gasteiger partial charge in [0.2, 0.25) is 5.91 Å². The number of carbonyl (C=O) groups excluding carboxylic acids is 1. The molecule has 0 unspecified atom stereocenters. The lowest BCUT2D eigenvalue weighted by Crippen LogP contribution is -2.50. The van der Waals surface area contributed by atoms with E-state index in [4.69, 9.17) is 0 Å². The number of benzene rings is 1. The van der Waals surface area contributed by atoms with Gasteiger partial charge < -0.3 is 5.32 Å². The van der Waals surface area contributed by atoms with Crippen molar-refractivity contribution in [3.63, 3.8) is 0 Å². The fourth-order valence-corrected chi connectivity index (χ4v) is 3.29. The van der Waals surface area contributed by atoms with Crippen molar-refractivity contribution in [3.05, 3.63) is 48.5 Å². The third-order valence-corrected chi connectivity index (χ3v) is 4.55. The Morgan fingerprint density at radius 2 is 2.05 bits per heavy atom. The van der Waals surface area contributed by atoms with Crippen molar-refractivity contribution in [2.24, 2.45) is 0 Å². The lowest BCUT2D eigenvalue weighted by atomic mass is 9.88. The number of aromatic nitrogens is 3. The average molecular weight is 298 g/mol. The van der Waals surface area contributed by atoms with E-state index in [0.717, 1.165) is 19.3 Å². The molecule has 1 aliphatic rings. The third kappa shape index (κ3) is 3.18. The Morgan fingerprint density at radius 3 is 2.68 bits per heavy atom. The highest BCUT2D eigenvalue weighted by Gasteiger charge is 2.36. The Labute approximate surface area is 130 Å². The van der Waals surface area contributed by atoms with Gasteiger partial charge in [-0.1, -0.05) is 43.2 Å². The summed E-state index contributed by atoms with van der Waals surface area (Å²) in [5.41, 5.74) is 1.16. The number of hydrogen-bond acceptors (Lipinski definition) is 3. The van der Waals surface area contributed by atoms with E-state index >= 15 is 0 Å². The standard InChI is InChI=1S/C17H22N4O/c1-14(21-13-18-12-19-21)16(22)20-17(9-5-6-10-17)11-15-7-3-2-4-8-15/h2-4,7-8,12-14H,5-6,9-11H2,1H3,(H,20,22)/t14-/m1/s1. The molecule has 1 fully saturated rings. The molecule has 1 aromatic heterocycles. The molecule has 5 heteroatoms. The summed E-state index contributed by atoms with van der Waals surface area (Å²) in [6, 6.07) is 10.1. The predicted molar refractivity (Wildman–Crippen MR) is 84.2 cm³/mol. The van der Waals surface area contributed by atoms with E-state index in [2.05, 4.69) is 39.7 Å². The first-order chi connectivity index (χ1) is 10.7. The van der Waals surface area contributed by atoms with Crippen LogP contribution >= 0.6 is 0 Å². The molecular weight excluding hydrogens is 276 g/mol. The van der Waals surface area contributed by atoms with Crippen LogP contribution in [0.4, 0.5) is 0 Å². The summed E-state index contributed by atoms with van der Waals surface area (Å²) >= 11 is 0. The molecule has 0 saturated heterocycles. The van der Waals surface area contributed by atoms with Gasteiger partial charge in [0.15, 0.2) is 0 Å². The number of nitrogens with zero attached hydrogens (tertiary/aromatic N) is 3. The first-order valence-corrected chi connectivity index (χ1v) is 7.89. The van der Waals surface area contributed by atoms with E-state index in [1.165, 1.54) is 24.7 Å². The van der Waals surface area contributed by atoms with Crippen LogP contribution in [0, 0.1) is 0 Å². The van der Waals surface area contributed by atoms with Gasteiger partial charge in [-0.15, -0.1) is 0 Å². The van der Waals surface area contributed by atoms with Crippen molar-refractivity contribution >= 4 is 5.91 Å². The maximum absolute atomic E-state index is 12.6. The molecule has 0 spiro atoms. The summed E-state index contributed by atoms with van der Waals surface area (Å²) in [7, 11) is 0. The van der Waals surface area contributed by atoms with Gasteiger partial charge in [-0.25, -0.2) is 9.67 Å². The van der Waals surface area contributed by atoms with Gasteiger partial charge in [-0.2, -0.15) is 5.10 Å². The van der Waals surface area contributed by atoms with Crippen LogP contribution in [0.2, 0.25) is 0 Å². The Balaban J connectivity index is 1.73. The van der Waals surface area contributed by atoms with Gasteiger partial charge in [0.05, 0.1) is 0 Å². The molecule has 5 nitrogen and oxygen atoms in total. The summed E-state index contributed by atoms with van der Waals surface area (Å²) in [6.07, 6.45) is 8.36. The van der Waals surface area contributed by atoms with Gasteiger partial charge in [-0.3, -0.25) is 4.79 Å². The maximum atomic E-state index is 12.6. The molecule has 0 radical (unpaired) electrons. The lowest BCUT2D eigenvalue weighted by Gasteiger charge is -2.32. The Kier molecular flexibility index (Phi) is 4.22. The Hall–Kier alpha value is -2.17. The minimum Gasteiger partial charge on any atom is -0.348 e. The van der Waals surface area contributed by atoms with Crippen LogP contribution in [0.5, 0.6) is 0 Å². The summed E-state index contributed by atoms with van der Waals surface area (Å²) in [4.78, 5) is 16.5. The zero-order valence-electron chi connectivity index (χ0n) is 12.9. The van der Waals surface area contributed by atoms with Crippen molar-refractivity contribution in [2.75, 3.05) is 0 Å². The van der Waals surface area contributed by atoms with Gasteiger partial charge in [0.1, 0.15) is 18.7 Å². The molecule has 1 aromatic carbocycles. The molecule has 1 amide bonds. The van der Waals surface area contributed by atoms with Crippen molar-refractivity contribution in [3.8, 4) is 0 Å². The molecule has 1 saturated carbocycles. The maximum Gasteiger partial charge on any atom is 0.245 e. The highest BCUT2D eigenvalue weighted by molar-refractivity contribution is 5.80. The monoisotopic (exact) mass is 298 g/mol. The predicted octanol–water partition coefficient (Wildman–Crippen LogP) is 2.51. The van der Waals surface area contributed by atoms with Crippen molar-refractivity contribution < 1.29 is 4.79 Å². The molecule has 22 heavy (non-hydrogen) atoms. The summed E-state index contributed by atoms with van der Waals surface area (Å²) in [6.45, 7) is 1.86. The smallest absolute Gasteiger partial charge is 0.245 e. The molecule has 2 aromatic rings. The topological polar surface area (TPSA) is 59.8 Å². The van der Waals surface area contributed by atoms with Crippen LogP contribution in [0.15, 0.2) is 43.0 Å². The second-order valence-electron chi connectivity index (χ2n) is 6.19. The summed E-state index contributed by atoms with van der Waals surface area (Å²) < 4.78 is 1.60. The molecule has 1 heterocycles. The fourth-order valence-electron chi connectivity index (χ4n) is 3.29. The number of rotatable bonds is 5. The Morgan fingerprint density at radius 1 is 1.32 bits per heavy atom. The van der Waals surface area contributed by atoms with E-state index in [9.17, 15) is 4.79 Å². The summed E-state index contributed by atoms with van der Waals surface area (Å²) in [5, 5.41) is 7.36. The van der Waals surface area contributed by atoms with Crippen LogP contribution in [0.3, 0.4) is 0 Å². The van der Waals surface area contributed by atoms with Crippen LogP contribution < -0.4 is 5.32 Å². The first-order valence-electron chi connectivity index (χ1n) is 7.89. The second-order valence-corrected chi connectivity index (χ2v) is 6.19. The molecule has 0 aliphatic heterocycles. The second kappa shape index (κ2) is 6.30. The molecule has 116 valence electrons. The van der Waals surface area contributed by atoms with E-state index in [1.54, 1.807) is 11.0 Å². The number of carbonyl (C=O) groups is 1. The molecular formula is C17H22N4O. The molecule has 0 bridgehead atoms. The third-order valence-electron chi connectivity index (χ3n) is 4.55. The molecule has 1 N–H and O–H groups in total. The number of hydrogen-bond donors (Lipinski definition) is 1. The fraction of sp³-hybridized carbons (Fsp3) is 0.471. The van der Waals surface area contributed by atoms with E-state index in [1.807, 2.05) is 13.0 Å². The van der Waals surface area contributed by atoms with E-state index < -0.39 is 0 Å². The van der Waals surface area contributed by atoms with Crippen LogP contribution in [0.25, 0.3) is 0 Å².